The van der Waals surface area contributed by atoms with E-state index in [1.165, 1.54) is 11.1 Å². The number of fused-ring (bicyclic) bond motifs is 1. The molecular weight excluding hydrogens is 470 g/mol. The van der Waals surface area contributed by atoms with Crippen molar-refractivity contribution in [1.82, 2.24) is 9.66 Å². The van der Waals surface area contributed by atoms with Crippen molar-refractivity contribution < 1.29 is 9.47 Å². The smallest absolute Gasteiger partial charge is 0.282 e. The highest BCUT2D eigenvalue weighted by molar-refractivity contribution is 9.10. The van der Waals surface area contributed by atoms with Gasteiger partial charge in [0.1, 0.15) is 12.4 Å². The lowest BCUT2D eigenvalue weighted by molar-refractivity contribution is 0.324. The van der Waals surface area contributed by atoms with Crippen molar-refractivity contribution in [2.24, 2.45) is 5.10 Å². The Morgan fingerprint density at radius 3 is 2.78 bits per heavy atom. The standard InChI is InChI=1S/C25H26BrN3O3/c1-3-13-32-23-20(26)14-17(15-22(23)31-2)16-27-29-24(18-9-5-4-6-10-18)28-21-12-8-7-11-19(21)25(29)30/h3,7-8,11-12,14-16,18H,1,4-6,9-10,13H2,2H3. The molecule has 32 heavy (non-hydrogen) atoms. The summed E-state index contributed by atoms with van der Waals surface area (Å²) in [6.07, 6.45) is 8.90. The van der Waals surface area contributed by atoms with E-state index in [0.29, 0.717) is 23.5 Å². The molecule has 166 valence electrons. The minimum Gasteiger partial charge on any atom is -0.493 e. The second-order valence-electron chi connectivity index (χ2n) is 7.82. The number of hydrogen-bond acceptors (Lipinski definition) is 5. The molecule has 0 aliphatic heterocycles. The highest BCUT2D eigenvalue weighted by atomic mass is 79.9. The van der Waals surface area contributed by atoms with Gasteiger partial charge in [-0.2, -0.15) is 9.78 Å². The lowest BCUT2D eigenvalue weighted by Gasteiger charge is -2.22. The Kier molecular flexibility index (Phi) is 7.05. The summed E-state index contributed by atoms with van der Waals surface area (Å²) in [7, 11) is 1.59. The molecule has 0 atom stereocenters. The van der Waals surface area contributed by atoms with Gasteiger partial charge in [-0.05, 0) is 58.6 Å². The molecule has 0 spiro atoms. The molecule has 1 fully saturated rings. The van der Waals surface area contributed by atoms with Gasteiger partial charge in [0.15, 0.2) is 11.5 Å². The lowest BCUT2D eigenvalue weighted by Crippen LogP contribution is -2.25. The van der Waals surface area contributed by atoms with Gasteiger partial charge >= 0.3 is 0 Å². The van der Waals surface area contributed by atoms with E-state index < -0.39 is 0 Å². The van der Waals surface area contributed by atoms with Crippen molar-refractivity contribution in [3.05, 3.63) is 75.3 Å². The summed E-state index contributed by atoms with van der Waals surface area (Å²) < 4.78 is 13.4. The molecule has 7 heteroatoms. The van der Waals surface area contributed by atoms with Crippen LogP contribution in [0, 0.1) is 0 Å². The molecule has 0 saturated heterocycles. The van der Waals surface area contributed by atoms with E-state index in [0.717, 1.165) is 47.1 Å². The maximum atomic E-state index is 13.3. The van der Waals surface area contributed by atoms with Crippen LogP contribution in [0.3, 0.4) is 0 Å². The number of halogens is 1. The van der Waals surface area contributed by atoms with Gasteiger partial charge in [-0.15, -0.1) is 0 Å². The van der Waals surface area contributed by atoms with Crippen LogP contribution in [-0.4, -0.2) is 29.6 Å². The fraction of sp³-hybridized carbons (Fsp3) is 0.320. The van der Waals surface area contributed by atoms with Gasteiger partial charge in [0, 0.05) is 5.92 Å². The van der Waals surface area contributed by atoms with Gasteiger partial charge < -0.3 is 9.47 Å². The van der Waals surface area contributed by atoms with E-state index in [9.17, 15) is 4.79 Å². The van der Waals surface area contributed by atoms with Gasteiger partial charge in [0.2, 0.25) is 0 Å². The first-order chi connectivity index (χ1) is 15.6. The number of ether oxygens (including phenoxy) is 2. The second-order valence-corrected chi connectivity index (χ2v) is 8.67. The highest BCUT2D eigenvalue weighted by Gasteiger charge is 2.22. The van der Waals surface area contributed by atoms with Crippen LogP contribution in [-0.2, 0) is 0 Å². The lowest BCUT2D eigenvalue weighted by atomic mass is 9.88. The summed E-state index contributed by atoms with van der Waals surface area (Å²) in [6, 6.07) is 11.2. The minimum absolute atomic E-state index is 0.149. The summed E-state index contributed by atoms with van der Waals surface area (Å²) >= 11 is 3.54. The van der Waals surface area contributed by atoms with Crippen LogP contribution < -0.4 is 15.0 Å². The first-order valence-electron chi connectivity index (χ1n) is 10.8. The number of benzene rings is 2. The Hall–Kier alpha value is -2.93. The number of rotatable bonds is 7. The zero-order chi connectivity index (χ0) is 22.5. The summed E-state index contributed by atoms with van der Waals surface area (Å²) in [5.41, 5.74) is 1.34. The second kappa shape index (κ2) is 10.1. The monoisotopic (exact) mass is 495 g/mol. The zero-order valence-corrected chi connectivity index (χ0v) is 19.7. The quantitative estimate of drug-likeness (QED) is 0.313. The SMILES string of the molecule is C=CCOc1c(Br)cc(C=Nn2c(C3CCCCC3)nc3ccccc3c2=O)cc1OC. The van der Waals surface area contributed by atoms with Crippen LogP contribution in [0.4, 0.5) is 0 Å². The van der Waals surface area contributed by atoms with Gasteiger partial charge in [-0.3, -0.25) is 4.79 Å². The molecule has 4 rings (SSSR count). The summed E-state index contributed by atoms with van der Waals surface area (Å²) in [4.78, 5) is 18.2. The third-order valence-corrected chi connectivity index (χ3v) is 6.26. The van der Waals surface area contributed by atoms with Crippen LogP contribution in [0.15, 0.2) is 63.4 Å². The largest absolute Gasteiger partial charge is 0.493 e. The molecular formula is C25H26BrN3O3. The predicted molar refractivity (Wildman–Crippen MR) is 131 cm³/mol. The summed E-state index contributed by atoms with van der Waals surface area (Å²) in [6.45, 7) is 4.04. The number of nitrogens with zero attached hydrogens (tertiary/aromatic N) is 3. The Balaban J connectivity index is 1.78. The molecule has 0 bridgehead atoms. The minimum atomic E-state index is -0.149. The van der Waals surface area contributed by atoms with Crippen molar-refractivity contribution in [3.8, 4) is 11.5 Å². The van der Waals surface area contributed by atoms with Crippen molar-refractivity contribution in [1.29, 1.82) is 0 Å². The van der Waals surface area contributed by atoms with Gasteiger partial charge in [-0.25, -0.2) is 4.98 Å². The van der Waals surface area contributed by atoms with Crippen molar-refractivity contribution in [2.75, 3.05) is 13.7 Å². The van der Waals surface area contributed by atoms with E-state index in [1.54, 1.807) is 25.5 Å². The van der Waals surface area contributed by atoms with Crippen molar-refractivity contribution in [2.45, 2.75) is 38.0 Å². The van der Waals surface area contributed by atoms with Crippen LogP contribution in [0.2, 0.25) is 0 Å². The predicted octanol–water partition coefficient (Wildman–Crippen LogP) is 5.66. The molecule has 1 heterocycles. The van der Waals surface area contributed by atoms with E-state index in [4.69, 9.17) is 14.5 Å². The van der Waals surface area contributed by atoms with Crippen molar-refractivity contribution >= 4 is 33.0 Å². The van der Waals surface area contributed by atoms with E-state index in [2.05, 4.69) is 27.6 Å². The molecule has 1 aliphatic rings. The molecule has 2 aromatic carbocycles. The highest BCUT2D eigenvalue weighted by Crippen LogP contribution is 2.36. The molecule has 0 amide bonds. The third kappa shape index (κ3) is 4.63. The number of para-hydroxylation sites is 1. The number of methoxy groups -OCH3 is 1. The average Bonchev–Trinajstić information content (AvgIpc) is 2.83. The molecule has 0 N–H and O–H groups in total. The Morgan fingerprint density at radius 1 is 1.25 bits per heavy atom. The normalized spacial score (nSPS) is 14.7. The van der Waals surface area contributed by atoms with Crippen LogP contribution >= 0.6 is 15.9 Å². The fourth-order valence-electron chi connectivity index (χ4n) is 4.10. The van der Waals surface area contributed by atoms with E-state index in [1.807, 2.05) is 30.3 Å². The van der Waals surface area contributed by atoms with Crippen LogP contribution in [0.25, 0.3) is 10.9 Å². The maximum Gasteiger partial charge on any atom is 0.282 e. The van der Waals surface area contributed by atoms with Crippen LogP contribution in [0.5, 0.6) is 11.5 Å². The Labute approximate surface area is 195 Å². The average molecular weight is 496 g/mol. The van der Waals surface area contributed by atoms with Gasteiger partial charge in [0.05, 0.1) is 28.7 Å². The topological polar surface area (TPSA) is 65.7 Å². The molecule has 6 nitrogen and oxygen atoms in total. The van der Waals surface area contributed by atoms with Gasteiger partial charge in [0.25, 0.3) is 5.56 Å². The van der Waals surface area contributed by atoms with Gasteiger partial charge in [-0.1, -0.05) is 44.1 Å². The summed E-state index contributed by atoms with van der Waals surface area (Å²) in [5.74, 6) is 2.13. The number of hydrogen-bond donors (Lipinski definition) is 0. The first kappa shape index (κ1) is 22.3. The fourth-order valence-corrected chi connectivity index (χ4v) is 4.67. The van der Waals surface area contributed by atoms with Crippen LogP contribution in [0.1, 0.15) is 49.4 Å². The zero-order valence-electron chi connectivity index (χ0n) is 18.1. The van der Waals surface area contributed by atoms with E-state index >= 15 is 0 Å². The molecule has 1 aliphatic carbocycles. The Morgan fingerprint density at radius 2 is 2.03 bits per heavy atom. The molecule has 1 aromatic heterocycles. The molecule has 0 unspecified atom stereocenters. The van der Waals surface area contributed by atoms with Crippen molar-refractivity contribution in [3.63, 3.8) is 0 Å². The molecule has 3 aromatic rings. The maximum absolute atomic E-state index is 13.3. The molecule has 1 saturated carbocycles. The number of aromatic nitrogens is 2. The van der Waals surface area contributed by atoms with E-state index in [-0.39, 0.29) is 11.5 Å². The Bertz CT molecular complexity index is 1210. The first-order valence-corrected chi connectivity index (χ1v) is 11.6. The molecule has 0 radical (unpaired) electrons. The third-order valence-electron chi connectivity index (χ3n) is 5.67. The summed E-state index contributed by atoms with van der Waals surface area (Å²) in [5, 5.41) is 5.16.